The predicted octanol–water partition coefficient (Wildman–Crippen LogP) is -12.6. The van der Waals surface area contributed by atoms with Crippen molar-refractivity contribution in [1.82, 2.24) is 0 Å². The molecule has 36 heavy (non-hydrogen) atoms. The number of rotatable bonds is 4. The van der Waals surface area contributed by atoms with E-state index < -0.39 is 54.3 Å². The number of ether oxygens (including phenoxy) is 4. The SMILES string of the molecule is O=P([O-])([O-])OC1COc2ccccc2OCC(OP(=O)([O-])[O-])COc2ccccc2OC1.[Na+].[Na+].[Na+].[Na+]. The summed E-state index contributed by atoms with van der Waals surface area (Å²) in [6, 6.07) is 12.3. The van der Waals surface area contributed by atoms with E-state index in [4.69, 9.17) is 18.9 Å². The number of benzene rings is 2. The third-order valence-electron chi connectivity index (χ3n) is 3.95. The fourth-order valence-electron chi connectivity index (χ4n) is 2.69. The molecule has 0 fully saturated rings. The van der Waals surface area contributed by atoms with Crippen LogP contribution < -0.4 is 157 Å². The zero-order valence-corrected chi connectivity index (χ0v) is 30.2. The van der Waals surface area contributed by atoms with Gasteiger partial charge in [0.05, 0.1) is 15.6 Å². The van der Waals surface area contributed by atoms with Gasteiger partial charge in [0.15, 0.2) is 23.0 Å². The van der Waals surface area contributed by atoms with Crippen LogP contribution in [0, 0.1) is 0 Å². The van der Waals surface area contributed by atoms with Gasteiger partial charge in [-0.3, -0.25) is 0 Å². The van der Waals surface area contributed by atoms with Crippen LogP contribution in [0.4, 0.5) is 0 Å². The summed E-state index contributed by atoms with van der Waals surface area (Å²) < 4.78 is 53.4. The molecule has 0 atom stereocenters. The first-order chi connectivity index (χ1) is 15.1. The molecule has 18 heteroatoms. The Hall–Kier alpha value is 1.86. The molecule has 2 aromatic carbocycles. The summed E-state index contributed by atoms with van der Waals surface area (Å²) in [6.07, 6.45) is -2.58. The molecule has 1 aliphatic heterocycles. The maximum atomic E-state index is 11.1. The van der Waals surface area contributed by atoms with Gasteiger partial charge in [-0.1, -0.05) is 24.3 Å². The van der Waals surface area contributed by atoms with Crippen molar-refractivity contribution in [1.29, 1.82) is 0 Å². The summed E-state index contributed by atoms with van der Waals surface area (Å²) in [5.41, 5.74) is 0. The Kier molecular flexibility index (Phi) is 21.2. The first kappa shape index (κ1) is 40.0. The van der Waals surface area contributed by atoms with Crippen LogP contribution in [0.3, 0.4) is 0 Å². The van der Waals surface area contributed by atoms with Gasteiger partial charge in [0.1, 0.15) is 38.6 Å². The molecule has 176 valence electrons. The number of fused-ring (bicyclic) bond motifs is 2. The first-order valence-corrected chi connectivity index (χ1v) is 12.1. The van der Waals surface area contributed by atoms with Crippen LogP contribution in [0.2, 0.25) is 0 Å². The Balaban J connectivity index is 0. The van der Waals surface area contributed by atoms with E-state index in [0.717, 1.165) is 0 Å². The van der Waals surface area contributed by atoms with Gasteiger partial charge in [-0.2, -0.15) is 0 Å². The predicted molar refractivity (Wildman–Crippen MR) is 99.8 cm³/mol. The van der Waals surface area contributed by atoms with Crippen molar-refractivity contribution in [2.75, 3.05) is 26.4 Å². The van der Waals surface area contributed by atoms with Crippen LogP contribution in [0.1, 0.15) is 0 Å². The third-order valence-corrected chi connectivity index (χ3v) is 5.07. The number of hydrogen-bond acceptors (Lipinski definition) is 12. The van der Waals surface area contributed by atoms with Gasteiger partial charge in [-0.15, -0.1) is 0 Å². The molecule has 0 unspecified atom stereocenters. The second kappa shape index (κ2) is 19.1. The van der Waals surface area contributed by atoms with Crippen molar-refractivity contribution in [3.63, 3.8) is 0 Å². The normalized spacial score (nSPS) is 18.0. The maximum Gasteiger partial charge on any atom is 1.00 e. The molecule has 0 aromatic heterocycles. The van der Waals surface area contributed by atoms with Gasteiger partial charge in [-0.25, -0.2) is 0 Å². The fourth-order valence-corrected chi connectivity index (χ4v) is 3.67. The Bertz CT molecular complexity index is 872. The van der Waals surface area contributed by atoms with Crippen molar-refractivity contribution in [2.45, 2.75) is 12.2 Å². The van der Waals surface area contributed by atoms with E-state index in [1.54, 1.807) is 24.3 Å². The molecule has 1 heterocycles. The second-order valence-electron chi connectivity index (χ2n) is 6.49. The minimum atomic E-state index is -5.35. The first-order valence-electron chi connectivity index (χ1n) is 9.19. The molecule has 3 rings (SSSR count). The summed E-state index contributed by atoms with van der Waals surface area (Å²) in [4.78, 5) is 44.5. The van der Waals surface area contributed by atoms with Crippen molar-refractivity contribution < 1.29 is 175 Å². The quantitative estimate of drug-likeness (QED) is 0.247. The number of para-hydroxylation sites is 4. The zero-order chi connectivity index (χ0) is 23.2. The van der Waals surface area contributed by atoms with Gasteiger partial charge in [-0.05, 0) is 24.3 Å². The van der Waals surface area contributed by atoms with E-state index in [1.165, 1.54) is 24.3 Å². The minimum absolute atomic E-state index is 0. The van der Waals surface area contributed by atoms with Crippen molar-refractivity contribution in [3.05, 3.63) is 48.5 Å². The molecule has 1 aliphatic rings. The average Bonchev–Trinajstić information content (AvgIpc) is 2.71. The largest absolute Gasteiger partial charge is 1.00 e. The van der Waals surface area contributed by atoms with Crippen LogP contribution >= 0.6 is 15.6 Å². The summed E-state index contributed by atoms with van der Waals surface area (Å²) in [6.45, 7) is -1.58. The molecular weight excluding hydrogens is 562 g/mol. The van der Waals surface area contributed by atoms with Crippen molar-refractivity contribution in [2.24, 2.45) is 0 Å². The van der Waals surface area contributed by atoms with Gasteiger partial charge in [0.25, 0.3) is 0 Å². The fraction of sp³-hybridized carbons (Fsp3) is 0.333. The number of phosphoric acid groups is 2. The molecule has 2 aromatic rings. The monoisotopic (exact) mass is 580 g/mol. The zero-order valence-electron chi connectivity index (χ0n) is 20.4. The molecule has 0 saturated carbocycles. The standard InChI is InChI=1S/C18H22O12P2.4Na/c19-31(20,21)29-13-9-25-15-5-1-2-6-16(15)26-10-14(30-32(22,23)24)12-28-18-8-4-3-7-17(18)27-11-13;;;;/h1-8,13-14H,9-12H2,(H2,19,20,21)(H2,22,23,24);;;;/q;4*+1/p-4. The smallest absolute Gasteiger partial charge is 0.790 e. The van der Waals surface area contributed by atoms with E-state index in [-0.39, 0.29) is 141 Å². The summed E-state index contributed by atoms with van der Waals surface area (Å²) in [7, 11) is -10.7. The minimum Gasteiger partial charge on any atom is -0.790 e. The maximum absolute atomic E-state index is 11.1. The van der Waals surface area contributed by atoms with E-state index in [2.05, 4.69) is 9.05 Å². The van der Waals surface area contributed by atoms with Gasteiger partial charge in [0.2, 0.25) is 0 Å². The van der Waals surface area contributed by atoms with Crippen LogP contribution in [-0.4, -0.2) is 38.6 Å². The topological polar surface area (TPSA) is 182 Å². The summed E-state index contributed by atoms with van der Waals surface area (Å²) in [5, 5.41) is 0. The summed E-state index contributed by atoms with van der Waals surface area (Å²) in [5.74, 6) is 0.546. The molecule has 0 amide bonds. The Labute approximate surface area is 296 Å². The Morgan fingerprint density at radius 3 is 0.972 bits per heavy atom. The molecule has 0 bridgehead atoms. The van der Waals surface area contributed by atoms with Gasteiger partial charge in [0, 0.05) is 0 Å². The molecule has 0 N–H and O–H groups in total. The Morgan fingerprint density at radius 2 is 0.778 bits per heavy atom. The van der Waals surface area contributed by atoms with Gasteiger partial charge >= 0.3 is 118 Å². The molecule has 0 radical (unpaired) electrons. The van der Waals surface area contributed by atoms with E-state index in [1.807, 2.05) is 0 Å². The number of hydrogen-bond donors (Lipinski definition) is 0. The van der Waals surface area contributed by atoms with E-state index in [0.29, 0.717) is 0 Å². The van der Waals surface area contributed by atoms with Crippen LogP contribution in [0.15, 0.2) is 48.5 Å². The third kappa shape index (κ3) is 15.0. The molecule has 12 nitrogen and oxygen atoms in total. The average molecular weight is 580 g/mol. The Morgan fingerprint density at radius 1 is 0.556 bits per heavy atom. The molecule has 0 spiro atoms. The van der Waals surface area contributed by atoms with Crippen LogP contribution in [0.25, 0.3) is 0 Å². The van der Waals surface area contributed by atoms with Gasteiger partial charge < -0.3 is 56.7 Å². The molecular formula is C18H18Na4O12P2. The summed E-state index contributed by atoms with van der Waals surface area (Å²) >= 11 is 0. The van der Waals surface area contributed by atoms with E-state index in [9.17, 15) is 28.7 Å². The van der Waals surface area contributed by atoms with Crippen LogP contribution in [-0.2, 0) is 18.2 Å². The molecule has 0 saturated heterocycles. The van der Waals surface area contributed by atoms with E-state index >= 15 is 0 Å². The second-order valence-corrected chi connectivity index (χ2v) is 8.70. The number of phosphoric ester groups is 2. The molecule has 0 aliphatic carbocycles. The van der Waals surface area contributed by atoms with Crippen LogP contribution in [0.5, 0.6) is 23.0 Å². The van der Waals surface area contributed by atoms with Crippen molar-refractivity contribution >= 4 is 15.6 Å². The van der Waals surface area contributed by atoms with Crippen molar-refractivity contribution in [3.8, 4) is 23.0 Å².